The summed E-state index contributed by atoms with van der Waals surface area (Å²) < 4.78 is 0. The van der Waals surface area contributed by atoms with Gasteiger partial charge in [-0.1, -0.05) is 32.9 Å². The summed E-state index contributed by atoms with van der Waals surface area (Å²) in [5.41, 5.74) is 4.95. The van der Waals surface area contributed by atoms with Gasteiger partial charge in [0.2, 0.25) is 0 Å². The molecule has 0 aliphatic rings. The first-order valence-corrected chi connectivity index (χ1v) is 6.51. The third-order valence-electron chi connectivity index (χ3n) is 3.46. The standard InChI is InChI=1S/C15H21N3O/c1-9-6-11(15(3,4)5)7-10(2)12(9)8-13-16-14(19)18-17-13/h6-7H,8H2,1-5H3,(H2,16,17,18,19). The van der Waals surface area contributed by atoms with Crippen LogP contribution in [0.4, 0.5) is 0 Å². The van der Waals surface area contributed by atoms with E-state index in [-0.39, 0.29) is 11.1 Å². The summed E-state index contributed by atoms with van der Waals surface area (Å²) in [6.07, 6.45) is 0.654. The van der Waals surface area contributed by atoms with Crippen molar-refractivity contribution in [1.82, 2.24) is 15.2 Å². The Morgan fingerprint density at radius 3 is 2.16 bits per heavy atom. The topological polar surface area (TPSA) is 61.5 Å². The SMILES string of the molecule is Cc1cc(C(C)(C)C)cc(C)c1Cc1n[nH]c(=O)[nH]1. The van der Waals surface area contributed by atoms with E-state index in [4.69, 9.17) is 0 Å². The molecule has 0 saturated heterocycles. The van der Waals surface area contributed by atoms with Crippen LogP contribution in [0.2, 0.25) is 0 Å². The second-order valence-corrected chi connectivity index (χ2v) is 6.14. The van der Waals surface area contributed by atoms with Crippen molar-refractivity contribution in [3.05, 3.63) is 50.7 Å². The lowest BCUT2D eigenvalue weighted by molar-refractivity contribution is 0.588. The minimum absolute atomic E-state index is 0.148. The molecule has 0 amide bonds. The Balaban J connectivity index is 2.40. The van der Waals surface area contributed by atoms with Crippen molar-refractivity contribution < 1.29 is 0 Å². The van der Waals surface area contributed by atoms with Crippen molar-refractivity contribution in [2.75, 3.05) is 0 Å². The van der Waals surface area contributed by atoms with Crippen molar-refractivity contribution in [3.63, 3.8) is 0 Å². The van der Waals surface area contributed by atoms with E-state index >= 15 is 0 Å². The lowest BCUT2D eigenvalue weighted by Crippen LogP contribution is -2.13. The van der Waals surface area contributed by atoms with E-state index in [0.717, 1.165) is 0 Å². The third kappa shape index (κ3) is 2.95. The van der Waals surface area contributed by atoms with Crippen LogP contribution in [0.1, 0.15) is 48.8 Å². The number of aromatic amines is 2. The van der Waals surface area contributed by atoms with Crippen molar-refractivity contribution in [2.45, 2.75) is 46.5 Å². The molecule has 1 aromatic carbocycles. The number of hydrogen-bond acceptors (Lipinski definition) is 2. The highest BCUT2D eigenvalue weighted by Crippen LogP contribution is 2.27. The largest absolute Gasteiger partial charge is 0.340 e. The fourth-order valence-corrected chi connectivity index (χ4v) is 2.26. The monoisotopic (exact) mass is 259 g/mol. The Hall–Kier alpha value is -1.84. The molecule has 0 unspecified atom stereocenters. The predicted molar refractivity (Wildman–Crippen MR) is 76.6 cm³/mol. The molecule has 0 bridgehead atoms. The van der Waals surface area contributed by atoms with Crippen molar-refractivity contribution in [1.29, 1.82) is 0 Å². The van der Waals surface area contributed by atoms with E-state index in [1.807, 2.05) is 0 Å². The van der Waals surface area contributed by atoms with Gasteiger partial charge in [0.15, 0.2) is 0 Å². The van der Waals surface area contributed by atoms with Crippen LogP contribution in [0, 0.1) is 13.8 Å². The molecule has 19 heavy (non-hydrogen) atoms. The van der Waals surface area contributed by atoms with Crippen LogP contribution in [0.15, 0.2) is 16.9 Å². The second-order valence-electron chi connectivity index (χ2n) is 6.14. The number of rotatable bonds is 2. The van der Waals surface area contributed by atoms with Crippen molar-refractivity contribution in [2.24, 2.45) is 0 Å². The third-order valence-corrected chi connectivity index (χ3v) is 3.46. The van der Waals surface area contributed by atoms with Gasteiger partial charge >= 0.3 is 5.69 Å². The van der Waals surface area contributed by atoms with Gasteiger partial charge in [-0.15, -0.1) is 0 Å². The van der Waals surface area contributed by atoms with Gasteiger partial charge in [0.1, 0.15) is 5.82 Å². The zero-order chi connectivity index (χ0) is 14.2. The summed E-state index contributed by atoms with van der Waals surface area (Å²) in [7, 11) is 0. The average Bonchev–Trinajstić information content (AvgIpc) is 2.68. The van der Waals surface area contributed by atoms with Crippen LogP contribution in [0.3, 0.4) is 0 Å². The minimum Gasteiger partial charge on any atom is -0.293 e. The zero-order valence-electron chi connectivity index (χ0n) is 12.2. The molecule has 2 aromatic rings. The minimum atomic E-state index is -0.253. The molecule has 4 heteroatoms. The molecule has 0 atom stereocenters. The second kappa shape index (κ2) is 4.68. The van der Waals surface area contributed by atoms with E-state index in [2.05, 4.69) is 61.9 Å². The van der Waals surface area contributed by atoms with E-state index in [1.54, 1.807) is 0 Å². The lowest BCUT2D eigenvalue weighted by Gasteiger charge is -2.22. The average molecular weight is 259 g/mol. The van der Waals surface area contributed by atoms with Crippen molar-refractivity contribution >= 4 is 0 Å². The molecule has 102 valence electrons. The van der Waals surface area contributed by atoms with Gasteiger partial charge in [0.25, 0.3) is 0 Å². The van der Waals surface area contributed by atoms with Crippen molar-refractivity contribution in [3.8, 4) is 0 Å². The number of aryl methyl sites for hydroxylation is 2. The highest BCUT2D eigenvalue weighted by atomic mass is 16.1. The number of H-pyrrole nitrogens is 2. The Bertz CT molecular complexity index is 621. The van der Waals surface area contributed by atoms with E-state index in [1.165, 1.54) is 22.3 Å². The molecular formula is C15H21N3O. The Morgan fingerprint density at radius 1 is 1.16 bits per heavy atom. The molecule has 4 nitrogen and oxygen atoms in total. The molecule has 0 aliphatic heterocycles. The molecule has 2 rings (SSSR count). The Labute approximate surface area is 113 Å². The maximum absolute atomic E-state index is 11.1. The molecule has 0 aliphatic carbocycles. The van der Waals surface area contributed by atoms with Gasteiger partial charge in [-0.3, -0.25) is 4.98 Å². The first-order valence-electron chi connectivity index (χ1n) is 6.51. The molecule has 1 aromatic heterocycles. The number of aromatic nitrogens is 3. The fraction of sp³-hybridized carbons (Fsp3) is 0.467. The number of benzene rings is 1. The normalized spacial score (nSPS) is 11.8. The summed E-state index contributed by atoms with van der Waals surface area (Å²) in [6, 6.07) is 4.46. The van der Waals surface area contributed by atoms with Crippen LogP contribution in [-0.2, 0) is 11.8 Å². The maximum Gasteiger partial charge on any atom is 0.340 e. The molecular weight excluding hydrogens is 238 g/mol. The summed E-state index contributed by atoms with van der Waals surface area (Å²) in [5, 5.41) is 6.37. The van der Waals surface area contributed by atoms with E-state index < -0.39 is 0 Å². The van der Waals surface area contributed by atoms with E-state index in [9.17, 15) is 4.79 Å². The summed E-state index contributed by atoms with van der Waals surface area (Å²) in [6.45, 7) is 10.9. The predicted octanol–water partition coefficient (Wildman–Crippen LogP) is 2.60. The van der Waals surface area contributed by atoms with Crippen LogP contribution in [-0.4, -0.2) is 15.2 Å². The van der Waals surface area contributed by atoms with Gasteiger partial charge in [-0.05, 0) is 41.5 Å². The van der Waals surface area contributed by atoms with Gasteiger partial charge in [0, 0.05) is 6.42 Å². The molecule has 2 N–H and O–H groups in total. The lowest BCUT2D eigenvalue weighted by atomic mass is 9.83. The molecule has 0 radical (unpaired) electrons. The fourth-order valence-electron chi connectivity index (χ4n) is 2.26. The Kier molecular flexibility index (Phi) is 3.35. The first-order chi connectivity index (χ1) is 8.77. The van der Waals surface area contributed by atoms with Crippen LogP contribution < -0.4 is 5.69 Å². The molecule has 0 spiro atoms. The molecule has 0 saturated carbocycles. The van der Waals surface area contributed by atoms with Gasteiger partial charge < -0.3 is 0 Å². The summed E-state index contributed by atoms with van der Waals surface area (Å²) in [5.74, 6) is 0.680. The van der Waals surface area contributed by atoms with Crippen LogP contribution in [0.5, 0.6) is 0 Å². The van der Waals surface area contributed by atoms with Gasteiger partial charge in [-0.25, -0.2) is 9.89 Å². The number of nitrogens with zero attached hydrogens (tertiary/aromatic N) is 1. The highest BCUT2D eigenvalue weighted by molar-refractivity contribution is 5.41. The van der Waals surface area contributed by atoms with Crippen LogP contribution >= 0.6 is 0 Å². The smallest absolute Gasteiger partial charge is 0.293 e. The zero-order valence-corrected chi connectivity index (χ0v) is 12.2. The highest BCUT2D eigenvalue weighted by Gasteiger charge is 2.16. The number of hydrogen-bond donors (Lipinski definition) is 2. The summed E-state index contributed by atoms with van der Waals surface area (Å²) >= 11 is 0. The van der Waals surface area contributed by atoms with Crippen LogP contribution in [0.25, 0.3) is 0 Å². The molecule has 0 fully saturated rings. The Morgan fingerprint density at radius 2 is 1.74 bits per heavy atom. The molecule has 1 heterocycles. The first kappa shape index (κ1) is 13.6. The van der Waals surface area contributed by atoms with E-state index in [0.29, 0.717) is 12.2 Å². The quantitative estimate of drug-likeness (QED) is 0.870. The van der Waals surface area contributed by atoms with Gasteiger partial charge in [0.05, 0.1) is 0 Å². The maximum atomic E-state index is 11.1. The number of nitrogens with one attached hydrogen (secondary N) is 2. The summed E-state index contributed by atoms with van der Waals surface area (Å²) in [4.78, 5) is 13.8. The van der Waals surface area contributed by atoms with Gasteiger partial charge in [-0.2, -0.15) is 5.10 Å².